The smallest absolute Gasteiger partial charge is 0.0781 e. The van der Waals surface area contributed by atoms with Gasteiger partial charge < -0.3 is 10.4 Å². The van der Waals surface area contributed by atoms with Crippen molar-refractivity contribution < 1.29 is 5.11 Å². The lowest BCUT2D eigenvalue weighted by Crippen LogP contribution is -2.16. The summed E-state index contributed by atoms with van der Waals surface area (Å²) in [6, 6.07) is 10.7. The van der Waals surface area contributed by atoms with Crippen molar-refractivity contribution in [3.63, 3.8) is 0 Å². The van der Waals surface area contributed by atoms with Crippen molar-refractivity contribution in [1.29, 1.82) is 0 Å². The predicted molar refractivity (Wildman–Crippen MR) is 93.4 cm³/mol. The third-order valence-corrected chi connectivity index (χ3v) is 5.80. The first-order chi connectivity index (χ1) is 9.65. The van der Waals surface area contributed by atoms with Crippen molar-refractivity contribution in [2.24, 2.45) is 0 Å². The monoisotopic (exact) mass is 399 g/mol. The highest BCUT2D eigenvalue weighted by molar-refractivity contribution is 14.1. The predicted octanol–water partition coefficient (Wildman–Crippen LogP) is 4.90. The highest BCUT2D eigenvalue weighted by atomic mass is 127. The first kappa shape index (κ1) is 14.4. The van der Waals surface area contributed by atoms with E-state index < -0.39 is 6.10 Å². The molecule has 0 saturated heterocycles. The summed E-state index contributed by atoms with van der Waals surface area (Å²) in [5, 5.41) is 13.5. The summed E-state index contributed by atoms with van der Waals surface area (Å²) in [7, 11) is 0. The molecule has 2 unspecified atom stereocenters. The maximum atomic E-state index is 9.89. The summed E-state index contributed by atoms with van der Waals surface area (Å²) >= 11 is 4.32. The van der Waals surface area contributed by atoms with E-state index >= 15 is 0 Å². The Hall–Kier alpha value is -0.590. The summed E-state index contributed by atoms with van der Waals surface area (Å²) < 4.78 is 1.37. The molecule has 20 heavy (non-hydrogen) atoms. The Morgan fingerprint density at radius 2 is 2.20 bits per heavy atom. The number of aliphatic hydroxyl groups is 1. The number of nitrogens with one attached hydrogen (secondary N) is 1. The average molecular weight is 399 g/mol. The van der Waals surface area contributed by atoms with Crippen molar-refractivity contribution in [3.8, 4) is 0 Å². The number of rotatable bonds is 3. The van der Waals surface area contributed by atoms with Gasteiger partial charge in [0.25, 0.3) is 0 Å². The van der Waals surface area contributed by atoms with E-state index in [1.807, 2.05) is 36.5 Å². The van der Waals surface area contributed by atoms with Crippen LogP contribution in [0.25, 0.3) is 0 Å². The zero-order valence-corrected chi connectivity index (χ0v) is 14.4. The molecule has 0 aliphatic heterocycles. The highest BCUT2D eigenvalue weighted by Gasteiger charge is 2.23. The van der Waals surface area contributed by atoms with Crippen LogP contribution in [0.1, 0.15) is 47.9 Å². The lowest BCUT2D eigenvalue weighted by atomic mass is 9.93. The summed E-state index contributed by atoms with van der Waals surface area (Å²) in [6.07, 6.45) is 3.16. The van der Waals surface area contributed by atoms with Crippen LogP contribution in [0.4, 0.5) is 5.69 Å². The van der Waals surface area contributed by atoms with Gasteiger partial charge >= 0.3 is 0 Å². The number of hydrogen-bond acceptors (Lipinski definition) is 3. The van der Waals surface area contributed by atoms with Gasteiger partial charge in [-0.2, -0.15) is 0 Å². The van der Waals surface area contributed by atoms with Crippen LogP contribution < -0.4 is 5.32 Å². The number of benzene rings is 1. The van der Waals surface area contributed by atoms with Gasteiger partial charge in [0.1, 0.15) is 0 Å². The Labute approximate surface area is 137 Å². The standard InChI is InChI=1S/C16H18INOS/c1-10(19)11-5-2-3-6-13(11)18-14-7-4-8-15-12(14)9-16(17)20-15/h2-3,5-6,9-10,14,18-19H,4,7-8H2,1H3. The van der Waals surface area contributed by atoms with Crippen LogP contribution in [0, 0.1) is 2.88 Å². The van der Waals surface area contributed by atoms with E-state index in [1.54, 1.807) is 0 Å². The fourth-order valence-corrected chi connectivity index (χ4v) is 4.97. The van der Waals surface area contributed by atoms with E-state index in [9.17, 15) is 5.11 Å². The quantitative estimate of drug-likeness (QED) is 0.720. The van der Waals surface area contributed by atoms with Crippen LogP contribution in [0.3, 0.4) is 0 Å². The highest BCUT2D eigenvalue weighted by Crippen LogP contribution is 2.39. The van der Waals surface area contributed by atoms with Crippen molar-refractivity contribution in [2.75, 3.05) is 5.32 Å². The molecule has 0 radical (unpaired) electrons. The molecule has 1 aromatic heterocycles. The number of aryl methyl sites for hydroxylation is 1. The van der Waals surface area contributed by atoms with Gasteiger partial charge in [-0.25, -0.2) is 0 Å². The number of thiophene rings is 1. The molecule has 3 rings (SSSR count). The van der Waals surface area contributed by atoms with E-state index in [1.165, 1.54) is 26.2 Å². The van der Waals surface area contributed by atoms with Crippen molar-refractivity contribution in [1.82, 2.24) is 0 Å². The minimum atomic E-state index is -0.440. The van der Waals surface area contributed by atoms with Crippen LogP contribution >= 0.6 is 33.9 Å². The summed E-state index contributed by atoms with van der Waals surface area (Å²) in [4.78, 5) is 1.52. The van der Waals surface area contributed by atoms with Crippen molar-refractivity contribution in [2.45, 2.75) is 38.3 Å². The molecule has 0 saturated carbocycles. The lowest BCUT2D eigenvalue weighted by molar-refractivity contribution is 0.200. The van der Waals surface area contributed by atoms with Gasteiger partial charge in [-0.3, -0.25) is 0 Å². The molecular formula is C16H18INOS. The zero-order chi connectivity index (χ0) is 14.1. The number of fused-ring (bicyclic) bond motifs is 1. The third kappa shape index (κ3) is 2.87. The molecule has 106 valence electrons. The van der Waals surface area contributed by atoms with Crippen molar-refractivity contribution in [3.05, 3.63) is 49.2 Å². The number of halogens is 1. The number of para-hydroxylation sites is 1. The molecule has 1 aliphatic rings. The second kappa shape index (κ2) is 6.03. The molecule has 0 fully saturated rings. The molecule has 1 heterocycles. The second-order valence-corrected chi connectivity index (χ2v) is 8.31. The molecule has 2 N–H and O–H groups in total. The van der Waals surface area contributed by atoms with Gasteiger partial charge in [0.2, 0.25) is 0 Å². The van der Waals surface area contributed by atoms with E-state index in [0.29, 0.717) is 6.04 Å². The number of anilines is 1. The Kier molecular flexibility index (Phi) is 4.33. The van der Waals surface area contributed by atoms with Gasteiger partial charge in [-0.05, 0) is 66.5 Å². The molecular weight excluding hydrogens is 381 g/mol. The first-order valence-corrected chi connectivity index (χ1v) is 8.86. The fourth-order valence-electron chi connectivity index (χ4n) is 2.85. The zero-order valence-electron chi connectivity index (χ0n) is 11.4. The first-order valence-electron chi connectivity index (χ1n) is 6.97. The van der Waals surface area contributed by atoms with Gasteiger partial charge in [0.05, 0.1) is 15.0 Å². The van der Waals surface area contributed by atoms with Gasteiger partial charge in [0, 0.05) is 16.1 Å². The third-order valence-electron chi connectivity index (χ3n) is 3.82. The Balaban J connectivity index is 1.89. The van der Waals surface area contributed by atoms with Crippen LogP contribution in [0.15, 0.2) is 30.3 Å². The molecule has 2 aromatic rings. The molecule has 0 spiro atoms. The SMILES string of the molecule is CC(O)c1ccccc1NC1CCCc2sc(I)cc21. The Morgan fingerprint density at radius 3 is 3.00 bits per heavy atom. The van der Waals surface area contributed by atoms with E-state index in [-0.39, 0.29) is 0 Å². The van der Waals surface area contributed by atoms with Gasteiger partial charge in [-0.15, -0.1) is 11.3 Å². The fraction of sp³-hybridized carbons (Fsp3) is 0.375. The van der Waals surface area contributed by atoms with Crippen LogP contribution in [-0.4, -0.2) is 5.11 Å². The van der Waals surface area contributed by atoms with Crippen LogP contribution in [0.2, 0.25) is 0 Å². The molecule has 1 aliphatic carbocycles. The second-order valence-electron chi connectivity index (χ2n) is 5.28. The van der Waals surface area contributed by atoms with Gasteiger partial charge in [0.15, 0.2) is 0 Å². The topological polar surface area (TPSA) is 32.3 Å². The normalized spacial score (nSPS) is 19.4. The van der Waals surface area contributed by atoms with Gasteiger partial charge in [-0.1, -0.05) is 18.2 Å². The molecule has 0 amide bonds. The van der Waals surface area contributed by atoms with E-state index in [4.69, 9.17) is 0 Å². The summed E-state index contributed by atoms with van der Waals surface area (Å²) in [5.41, 5.74) is 3.48. The molecule has 2 nitrogen and oxygen atoms in total. The molecule has 1 aromatic carbocycles. The lowest BCUT2D eigenvalue weighted by Gasteiger charge is -2.26. The van der Waals surface area contributed by atoms with Crippen LogP contribution in [0.5, 0.6) is 0 Å². The van der Waals surface area contributed by atoms with E-state index in [0.717, 1.165) is 17.7 Å². The summed E-state index contributed by atoms with van der Waals surface area (Å²) in [5.74, 6) is 0. The Morgan fingerprint density at radius 1 is 1.40 bits per heavy atom. The molecule has 0 bridgehead atoms. The minimum absolute atomic E-state index is 0.374. The summed E-state index contributed by atoms with van der Waals surface area (Å²) in [6.45, 7) is 1.82. The van der Waals surface area contributed by atoms with Crippen molar-refractivity contribution >= 4 is 39.6 Å². The molecule has 2 atom stereocenters. The maximum absolute atomic E-state index is 9.89. The maximum Gasteiger partial charge on any atom is 0.0781 e. The Bertz CT molecular complexity index is 608. The minimum Gasteiger partial charge on any atom is -0.389 e. The van der Waals surface area contributed by atoms with Crippen LogP contribution in [-0.2, 0) is 6.42 Å². The largest absolute Gasteiger partial charge is 0.389 e. The average Bonchev–Trinajstić information content (AvgIpc) is 2.80. The molecule has 4 heteroatoms. The number of aliphatic hydroxyl groups excluding tert-OH is 1. The number of hydrogen-bond donors (Lipinski definition) is 2. The van der Waals surface area contributed by atoms with E-state index in [2.05, 4.69) is 40.0 Å².